The summed E-state index contributed by atoms with van der Waals surface area (Å²) in [6, 6.07) is 14.4. The van der Waals surface area contributed by atoms with Gasteiger partial charge in [-0.15, -0.1) is 0 Å². The molecule has 0 N–H and O–H groups in total. The molecule has 0 bridgehead atoms. The monoisotopic (exact) mass is 325 g/mol. The van der Waals surface area contributed by atoms with E-state index in [2.05, 4.69) is 0 Å². The molecular formula is C19H17FNOP. The molecule has 0 amide bonds. The predicted molar refractivity (Wildman–Crippen MR) is 93.7 cm³/mol. The third-order valence-electron chi connectivity index (χ3n) is 4.37. The lowest BCUT2D eigenvalue weighted by Gasteiger charge is -2.16. The maximum absolute atomic E-state index is 13.3. The number of rotatable bonds is 3. The van der Waals surface area contributed by atoms with Crippen LogP contribution in [-0.4, -0.2) is 11.6 Å². The molecule has 0 radical (unpaired) electrons. The fourth-order valence-corrected chi connectivity index (χ4v) is 4.41. The van der Waals surface area contributed by atoms with E-state index in [4.69, 9.17) is 4.98 Å². The highest BCUT2D eigenvalue weighted by atomic mass is 31.1. The lowest BCUT2D eigenvalue weighted by molar-refractivity contribution is 0.596. The quantitative estimate of drug-likeness (QED) is 0.652. The third-order valence-corrected chi connectivity index (χ3v) is 5.58. The Balaban J connectivity index is 2.11. The van der Waals surface area contributed by atoms with Crippen molar-refractivity contribution < 1.29 is 8.96 Å². The fourth-order valence-electron chi connectivity index (χ4n) is 3.16. The van der Waals surface area contributed by atoms with Gasteiger partial charge >= 0.3 is 0 Å². The zero-order chi connectivity index (χ0) is 16.0. The van der Waals surface area contributed by atoms with Crippen LogP contribution in [0.5, 0.6) is 0 Å². The number of fused-ring (bicyclic) bond motifs is 1. The molecule has 0 aliphatic heterocycles. The minimum absolute atomic E-state index is 0.264. The molecule has 1 atom stereocenters. The van der Waals surface area contributed by atoms with Gasteiger partial charge in [0.05, 0.1) is 11.2 Å². The van der Waals surface area contributed by atoms with Gasteiger partial charge in [0.15, 0.2) is 0 Å². The van der Waals surface area contributed by atoms with Gasteiger partial charge in [0, 0.05) is 22.2 Å². The van der Waals surface area contributed by atoms with Crippen molar-refractivity contribution in [2.45, 2.75) is 18.8 Å². The molecule has 1 aliphatic rings. The summed E-state index contributed by atoms with van der Waals surface area (Å²) in [5, 5.41) is 1.86. The van der Waals surface area contributed by atoms with Gasteiger partial charge < -0.3 is 4.57 Å². The Morgan fingerprint density at radius 1 is 1.09 bits per heavy atom. The van der Waals surface area contributed by atoms with Crippen LogP contribution < -0.4 is 5.30 Å². The van der Waals surface area contributed by atoms with Crippen molar-refractivity contribution in [2.75, 3.05) is 6.66 Å². The molecule has 2 nitrogen and oxygen atoms in total. The summed E-state index contributed by atoms with van der Waals surface area (Å²) in [6.45, 7) is 1.77. The number of hydrogen-bond acceptors (Lipinski definition) is 2. The van der Waals surface area contributed by atoms with E-state index in [0.29, 0.717) is 5.92 Å². The number of aromatic nitrogens is 1. The Morgan fingerprint density at radius 3 is 2.43 bits per heavy atom. The second kappa shape index (κ2) is 5.58. The lowest BCUT2D eigenvalue weighted by atomic mass is 9.99. The van der Waals surface area contributed by atoms with E-state index < -0.39 is 7.80 Å². The minimum Gasteiger partial charge on any atom is -0.322 e. The van der Waals surface area contributed by atoms with Crippen molar-refractivity contribution in [3.05, 3.63) is 60.0 Å². The molecular weight excluding hydrogens is 308 g/mol. The van der Waals surface area contributed by atoms with Gasteiger partial charge in [-0.3, -0.25) is 4.98 Å². The van der Waals surface area contributed by atoms with E-state index in [1.165, 1.54) is 12.1 Å². The summed E-state index contributed by atoms with van der Waals surface area (Å²) in [7, 11) is -1.93. The first-order valence-corrected chi connectivity index (χ1v) is 9.75. The highest BCUT2D eigenvalue weighted by Gasteiger charge is 2.31. The van der Waals surface area contributed by atoms with Gasteiger partial charge in [0.2, 0.25) is 0 Å². The average Bonchev–Trinajstić information content (AvgIpc) is 3.38. The van der Waals surface area contributed by atoms with Crippen LogP contribution in [0.25, 0.3) is 22.0 Å². The molecule has 1 aromatic heterocycles. The molecule has 0 spiro atoms. The zero-order valence-electron chi connectivity index (χ0n) is 12.8. The second-order valence-electron chi connectivity index (χ2n) is 6.10. The van der Waals surface area contributed by atoms with Crippen LogP contribution >= 0.6 is 7.80 Å². The fraction of sp³-hybridized carbons (Fsp3) is 0.211. The van der Waals surface area contributed by atoms with Crippen molar-refractivity contribution in [1.82, 2.24) is 4.98 Å². The molecule has 2 aromatic carbocycles. The van der Waals surface area contributed by atoms with E-state index in [0.717, 1.165) is 45.9 Å². The van der Waals surface area contributed by atoms with Gasteiger partial charge in [-0.2, -0.15) is 0 Å². The van der Waals surface area contributed by atoms with Crippen LogP contribution in [0.3, 0.4) is 0 Å². The van der Waals surface area contributed by atoms with E-state index in [1.807, 2.05) is 24.3 Å². The van der Waals surface area contributed by atoms with E-state index in [9.17, 15) is 8.96 Å². The van der Waals surface area contributed by atoms with Crippen LogP contribution in [-0.2, 0) is 4.57 Å². The minimum atomic E-state index is -1.93. The normalized spacial score (nSPS) is 15.7. The Labute approximate surface area is 135 Å². The van der Waals surface area contributed by atoms with Crippen LogP contribution in [0.15, 0.2) is 48.5 Å². The number of para-hydroxylation sites is 1. The molecule has 1 fully saturated rings. The number of hydrogen-bond donors (Lipinski definition) is 0. The zero-order valence-corrected chi connectivity index (χ0v) is 13.8. The van der Waals surface area contributed by atoms with Crippen LogP contribution in [0.1, 0.15) is 24.5 Å². The largest absolute Gasteiger partial charge is 0.322 e. The van der Waals surface area contributed by atoms with Crippen molar-refractivity contribution in [1.29, 1.82) is 0 Å². The SMILES string of the molecule is C[PH](=O)c1c(C2CC2)nc2ccccc2c1-c1ccc(F)cc1. The maximum Gasteiger partial charge on any atom is 0.123 e. The summed E-state index contributed by atoms with van der Waals surface area (Å²) in [4.78, 5) is 4.81. The molecule has 1 aliphatic carbocycles. The molecule has 4 heteroatoms. The van der Waals surface area contributed by atoms with Crippen LogP contribution in [0.4, 0.5) is 4.39 Å². The first-order chi connectivity index (χ1) is 11.1. The van der Waals surface area contributed by atoms with E-state index in [-0.39, 0.29) is 5.82 Å². The third kappa shape index (κ3) is 2.60. The smallest absolute Gasteiger partial charge is 0.123 e. The van der Waals surface area contributed by atoms with Gasteiger partial charge in [0.25, 0.3) is 0 Å². The number of pyridine rings is 1. The molecule has 116 valence electrons. The summed E-state index contributed by atoms with van der Waals surface area (Å²) in [6.07, 6.45) is 2.21. The second-order valence-corrected chi connectivity index (χ2v) is 7.71. The summed E-state index contributed by atoms with van der Waals surface area (Å²) >= 11 is 0. The highest BCUT2D eigenvalue weighted by molar-refractivity contribution is 7.53. The topological polar surface area (TPSA) is 30.0 Å². The van der Waals surface area contributed by atoms with Crippen molar-refractivity contribution in [3.63, 3.8) is 0 Å². The standard InChI is InChI=1S/C19H17FNOP/c1-23(22)19-17(12-8-10-14(20)11-9-12)15-4-2-3-5-16(15)21-18(19)13-6-7-13/h2-5,8-11,13,23H,6-7H2,1H3. The van der Waals surface area contributed by atoms with Gasteiger partial charge in [-0.05, 0) is 43.3 Å². The van der Waals surface area contributed by atoms with Gasteiger partial charge in [-0.25, -0.2) is 4.39 Å². The van der Waals surface area contributed by atoms with Crippen LogP contribution in [0, 0.1) is 5.82 Å². The highest BCUT2D eigenvalue weighted by Crippen LogP contribution is 2.43. The molecule has 1 heterocycles. The van der Waals surface area contributed by atoms with Gasteiger partial charge in [0.1, 0.15) is 13.6 Å². The molecule has 3 aromatic rings. The van der Waals surface area contributed by atoms with E-state index in [1.54, 1.807) is 18.8 Å². The predicted octanol–water partition coefficient (Wildman–Crippen LogP) is 4.73. The lowest BCUT2D eigenvalue weighted by Crippen LogP contribution is -2.12. The Bertz CT molecular complexity index is 917. The number of benzene rings is 2. The average molecular weight is 325 g/mol. The molecule has 1 saturated carbocycles. The maximum atomic E-state index is 13.3. The molecule has 0 saturated heterocycles. The Kier molecular flexibility index (Phi) is 3.54. The molecule has 4 rings (SSSR count). The first kappa shape index (κ1) is 14.6. The summed E-state index contributed by atoms with van der Waals surface area (Å²) in [5.74, 6) is 0.155. The first-order valence-electron chi connectivity index (χ1n) is 7.84. The Hall–Kier alpha value is -1.99. The van der Waals surface area contributed by atoms with Crippen molar-refractivity contribution in [3.8, 4) is 11.1 Å². The van der Waals surface area contributed by atoms with Crippen molar-refractivity contribution in [2.24, 2.45) is 0 Å². The van der Waals surface area contributed by atoms with Crippen LogP contribution in [0.2, 0.25) is 0 Å². The van der Waals surface area contributed by atoms with E-state index >= 15 is 0 Å². The molecule has 1 unspecified atom stereocenters. The number of nitrogens with zero attached hydrogens (tertiary/aromatic N) is 1. The molecule has 23 heavy (non-hydrogen) atoms. The summed E-state index contributed by atoms with van der Waals surface area (Å²) < 4.78 is 25.9. The van der Waals surface area contributed by atoms with Gasteiger partial charge in [-0.1, -0.05) is 30.3 Å². The number of halogens is 1. The van der Waals surface area contributed by atoms with Crippen molar-refractivity contribution >= 4 is 24.0 Å². The summed E-state index contributed by atoms with van der Waals surface area (Å²) in [5.41, 5.74) is 3.76. The Morgan fingerprint density at radius 2 is 1.78 bits per heavy atom.